The number of carbonyl (C=O) groups is 1. The fraction of sp³-hybridized carbons (Fsp3) is 0.0556. The number of esters is 1. The quantitative estimate of drug-likeness (QED) is 0.485. The molecule has 0 aliphatic rings. The van der Waals surface area contributed by atoms with Crippen LogP contribution in [0.1, 0.15) is 11.5 Å². The standard InChI is InChI=1S/C18H13BrN2O3/c19-15-9-6-13(7-10-15)8-11-17(22)23-12-16-20-21-18(24-16)14-4-2-1-3-5-14/h1-11H,12H2/b11-8+. The Morgan fingerprint density at radius 3 is 2.58 bits per heavy atom. The van der Waals surface area contributed by atoms with E-state index in [9.17, 15) is 4.79 Å². The van der Waals surface area contributed by atoms with E-state index in [1.807, 2.05) is 54.6 Å². The Labute approximate surface area is 147 Å². The van der Waals surface area contributed by atoms with Crippen molar-refractivity contribution in [2.75, 3.05) is 0 Å². The first-order valence-corrected chi connectivity index (χ1v) is 7.98. The summed E-state index contributed by atoms with van der Waals surface area (Å²) in [6, 6.07) is 17.0. The highest BCUT2D eigenvalue weighted by Crippen LogP contribution is 2.17. The molecule has 0 N–H and O–H groups in total. The van der Waals surface area contributed by atoms with Crippen LogP contribution in [0.25, 0.3) is 17.5 Å². The highest BCUT2D eigenvalue weighted by atomic mass is 79.9. The zero-order chi connectivity index (χ0) is 16.8. The Balaban J connectivity index is 1.55. The SMILES string of the molecule is O=C(/C=C/c1ccc(Br)cc1)OCc1nnc(-c2ccccc2)o1. The van der Waals surface area contributed by atoms with Crippen molar-refractivity contribution in [3.63, 3.8) is 0 Å². The second-order valence-corrected chi connectivity index (χ2v) is 5.78. The van der Waals surface area contributed by atoms with Gasteiger partial charge < -0.3 is 9.15 Å². The van der Waals surface area contributed by atoms with Crippen LogP contribution in [0.2, 0.25) is 0 Å². The Morgan fingerprint density at radius 2 is 1.83 bits per heavy atom. The molecule has 3 aromatic rings. The molecule has 6 heteroatoms. The monoisotopic (exact) mass is 384 g/mol. The highest BCUT2D eigenvalue weighted by Gasteiger charge is 2.09. The minimum Gasteiger partial charge on any atom is -0.452 e. The van der Waals surface area contributed by atoms with Gasteiger partial charge in [-0.25, -0.2) is 4.79 Å². The molecule has 0 aliphatic carbocycles. The van der Waals surface area contributed by atoms with Crippen LogP contribution in [0.4, 0.5) is 0 Å². The summed E-state index contributed by atoms with van der Waals surface area (Å²) in [4.78, 5) is 11.7. The maximum absolute atomic E-state index is 11.7. The Bertz CT molecular complexity index is 842. The molecule has 0 atom stereocenters. The van der Waals surface area contributed by atoms with E-state index in [0.29, 0.717) is 5.89 Å². The lowest BCUT2D eigenvalue weighted by molar-refractivity contribution is -0.139. The molecule has 0 spiro atoms. The van der Waals surface area contributed by atoms with Gasteiger partial charge >= 0.3 is 5.97 Å². The number of ether oxygens (including phenoxy) is 1. The molecule has 2 aromatic carbocycles. The summed E-state index contributed by atoms with van der Waals surface area (Å²) in [6.07, 6.45) is 3.04. The van der Waals surface area contributed by atoms with Gasteiger partial charge in [0.05, 0.1) is 0 Å². The normalized spacial score (nSPS) is 10.9. The fourth-order valence-corrected chi connectivity index (χ4v) is 2.19. The summed E-state index contributed by atoms with van der Waals surface area (Å²) in [5.41, 5.74) is 1.72. The van der Waals surface area contributed by atoms with E-state index in [-0.39, 0.29) is 12.5 Å². The molecule has 0 saturated carbocycles. The van der Waals surface area contributed by atoms with Gasteiger partial charge in [-0.2, -0.15) is 0 Å². The highest BCUT2D eigenvalue weighted by molar-refractivity contribution is 9.10. The van der Waals surface area contributed by atoms with Crippen molar-refractivity contribution in [3.8, 4) is 11.5 Å². The predicted molar refractivity (Wildman–Crippen MR) is 92.7 cm³/mol. The number of carbonyl (C=O) groups excluding carboxylic acids is 1. The third-order valence-corrected chi connectivity index (χ3v) is 3.64. The summed E-state index contributed by atoms with van der Waals surface area (Å²) >= 11 is 3.36. The molecule has 5 nitrogen and oxygen atoms in total. The van der Waals surface area contributed by atoms with Gasteiger partial charge in [-0.1, -0.05) is 46.3 Å². The number of aromatic nitrogens is 2. The molecule has 0 amide bonds. The average molecular weight is 385 g/mol. The largest absolute Gasteiger partial charge is 0.452 e. The third-order valence-electron chi connectivity index (χ3n) is 3.11. The van der Waals surface area contributed by atoms with Gasteiger partial charge in [0.1, 0.15) is 0 Å². The van der Waals surface area contributed by atoms with Crippen LogP contribution in [-0.4, -0.2) is 16.2 Å². The fourth-order valence-electron chi connectivity index (χ4n) is 1.93. The van der Waals surface area contributed by atoms with Crippen molar-refractivity contribution in [3.05, 3.63) is 76.6 Å². The third kappa shape index (κ3) is 4.39. The van der Waals surface area contributed by atoms with Crippen molar-refractivity contribution >= 4 is 28.0 Å². The molecule has 0 bridgehead atoms. The van der Waals surface area contributed by atoms with Crippen LogP contribution in [0.15, 0.2) is 69.6 Å². The zero-order valence-corrected chi connectivity index (χ0v) is 14.1. The molecule has 0 saturated heterocycles. The lowest BCUT2D eigenvalue weighted by Gasteiger charge is -1.97. The molecule has 24 heavy (non-hydrogen) atoms. The number of hydrogen-bond donors (Lipinski definition) is 0. The number of halogens is 1. The first-order chi connectivity index (χ1) is 11.7. The van der Waals surface area contributed by atoms with Crippen molar-refractivity contribution in [1.29, 1.82) is 0 Å². The Morgan fingerprint density at radius 1 is 1.08 bits per heavy atom. The van der Waals surface area contributed by atoms with Crippen molar-refractivity contribution < 1.29 is 13.9 Å². The van der Waals surface area contributed by atoms with E-state index in [2.05, 4.69) is 26.1 Å². The molecule has 1 heterocycles. The van der Waals surface area contributed by atoms with Crippen LogP contribution in [-0.2, 0) is 16.1 Å². The first-order valence-electron chi connectivity index (χ1n) is 7.19. The summed E-state index contributed by atoms with van der Waals surface area (Å²) in [5.74, 6) is 0.170. The van der Waals surface area contributed by atoms with Crippen LogP contribution in [0.5, 0.6) is 0 Å². The zero-order valence-electron chi connectivity index (χ0n) is 12.6. The number of hydrogen-bond acceptors (Lipinski definition) is 5. The van der Waals surface area contributed by atoms with Crippen molar-refractivity contribution in [1.82, 2.24) is 10.2 Å². The van der Waals surface area contributed by atoms with Crippen molar-refractivity contribution in [2.24, 2.45) is 0 Å². The minimum atomic E-state index is -0.475. The van der Waals surface area contributed by atoms with Crippen LogP contribution in [0.3, 0.4) is 0 Å². The summed E-state index contributed by atoms with van der Waals surface area (Å²) in [7, 11) is 0. The second kappa shape index (κ2) is 7.70. The van der Waals surface area contributed by atoms with Crippen LogP contribution >= 0.6 is 15.9 Å². The molecule has 0 radical (unpaired) electrons. The Kier molecular flexibility index (Phi) is 5.18. The van der Waals surface area contributed by atoms with E-state index in [1.165, 1.54) is 6.08 Å². The first kappa shape index (κ1) is 16.1. The van der Waals surface area contributed by atoms with E-state index in [0.717, 1.165) is 15.6 Å². The summed E-state index contributed by atoms with van der Waals surface area (Å²) in [6.45, 7) is -0.0661. The maximum Gasteiger partial charge on any atom is 0.331 e. The molecule has 1 aromatic heterocycles. The van der Waals surface area contributed by atoms with Crippen molar-refractivity contribution in [2.45, 2.75) is 6.61 Å². The summed E-state index contributed by atoms with van der Waals surface area (Å²) < 4.78 is 11.5. The number of benzene rings is 2. The molecule has 0 fully saturated rings. The maximum atomic E-state index is 11.7. The topological polar surface area (TPSA) is 65.2 Å². The van der Waals surface area contributed by atoms with Gasteiger partial charge in [0.15, 0.2) is 6.61 Å². The van der Waals surface area contributed by atoms with Crippen LogP contribution < -0.4 is 0 Å². The number of rotatable bonds is 5. The van der Waals surface area contributed by atoms with Gasteiger partial charge in [0, 0.05) is 16.1 Å². The average Bonchev–Trinajstić information content (AvgIpc) is 3.09. The predicted octanol–water partition coefficient (Wildman–Crippen LogP) is 4.26. The van der Waals surface area contributed by atoms with Gasteiger partial charge in [-0.15, -0.1) is 10.2 Å². The molecular weight excluding hydrogens is 372 g/mol. The van der Waals surface area contributed by atoms with Gasteiger partial charge in [0.2, 0.25) is 5.89 Å². The smallest absolute Gasteiger partial charge is 0.331 e. The minimum absolute atomic E-state index is 0.0661. The lowest BCUT2D eigenvalue weighted by atomic mass is 10.2. The van der Waals surface area contributed by atoms with E-state index < -0.39 is 5.97 Å². The molecule has 120 valence electrons. The van der Waals surface area contributed by atoms with Gasteiger partial charge in [0.25, 0.3) is 5.89 Å². The van der Waals surface area contributed by atoms with E-state index in [1.54, 1.807) is 6.08 Å². The Hall–Kier alpha value is -2.73. The summed E-state index contributed by atoms with van der Waals surface area (Å²) in [5, 5.41) is 7.81. The second-order valence-electron chi connectivity index (χ2n) is 4.86. The molecule has 0 unspecified atom stereocenters. The van der Waals surface area contributed by atoms with E-state index in [4.69, 9.17) is 9.15 Å². The molecule has 0 aliphatic heterocycles. The molecule has 3 rings (SSSR count). The van der Waals surface area contributed by atoms with Gasteiger partial charge in [-0.05, 0) is 35.9 Å². The molecular formula is C18H13BrN2O3. The van der Waals surface area contributed by atoms with Gasteiger partial charge in [-0.3, -0.25) is 0 Å². The van der Waals surface area contributed by atoms with E-state index >= 15 is 0 Å². The van der Waals surface area contributed by atoms with Crippen LogP contribution in [0, 0.1) is 0 Å². The number of nitrogens with zero attached hydrogens (tertiary/aromatic N) is 2. The lowest BCUT2D eigenvalue weighted by Crippen LogP contribution is -2.00.